The van der Waals surface area contributed by atoms with Crippen LogP contribution in [0, 0.1) is 29.6 Å². The van der Waals surface area contributed by atoms with Crippen LogP contribution in [0.3, 0.4) is 0 Å². The lowest BCUT2D eigenvalue weighted by atomic mass is 9.51. The molecule has 0 heterocycles. The zero-order chi connectivity index (χ0) is 12.0. The molecule has 0 N–H and O–H groups in total. The van der Waals surface area contributed by atoms with Crippen LogP contribution in [-0.4, -0.2) is 13.1 Å². The van der Waals surface area contributed by atoms with Crippen molar-refractivity contribution in [2.75, 3.05) is 7.11 Å². The minimum absolute atomic E-state index is 0.209. The van der Waals surface area contributed by atoms with E-state index < -0.39 is 0 Å². The minimum atomic E-state index is -0.209. The average Bonchev–Trinajstić information content (AvgIpc) is 2.31. The number of carbonyl (C=O) groups excluding carboxylic acids is 1. The lowest BCUT2D eigenvalue weighted by molar-refractivity contribution is -0.136. The van der Waals surface area contributed by atoms with Gasteiger partial charge < -0.3 is 4.74 Å². The third-order valence-electron chi connectivity index (χ3n) is 5.38. The van der Waals surface area contributed by atoms with Gasteiger partial charge in [0.2, 0.25) is 0 Å². The van der Waals surface area contributed by atoms with Gasteiger partial charge in [-0.05, 0) is 68.1 Å². The van der Waals surface area contributed by atoms with Gasteiger partial charge >= 0.3 is 5.97 Å². The summed E-state index contributed by atoms with van der Waals surface area (Å²) in [6, 6.07) is 0. The molecule has 0 aromatic carbocycles. The maximum atomic E-state index is 11.5. The average molecular weight is 234 g/mol. The molecule has 4 saturated carbocycles. The Kier molecular flexibility index (Phi) is 2.76. The molecule has 0 aliphatic heterocycles. The zero-order valence-electron chi connectivity index (χ0n) is 10.7. The van der Waals surface area contributed by atoms with Crippen molar-refractivity contribution in [3.05, 3.63) is 12.2 Å². The van der Waals surface area contributed by atoms with Crippen molar-refractivity contribution in [1.82, 2.24) is 0 Å². The molecule has 0 radical (unpaired) electrons. The summed E-state index contributed by atoms with van der Waals surface area (Å²) in [4.78, 5) is 11.5. The third-order valence-corrected chi connectivity index (χ3v) is 5.38. The first kappa shape index (κ1) is 11.3. The molecule has 0 amide bonds. The molecular weight excluding hydrogens is 212 g/mol. The Bertz CT molecular complexity index is 317. The van der Waals surface area contributed by atoms with Gasteiger partial charge in [-0.2, -0.15) is 0 Å². The molecule has 0 unspecified atom stereocenters. The number of ether oxygens (including phenoxy) is 1. The van der Waals surface area contributed by atoms with E-state index in [2.05, 4.69) is 6.58 Å². The van der Waals surface area contributed by atoms with E-state index in [0.29, 0.717) is 5.57 Å². The first-order chi connectivity index (χ1) is 8.17. The molecule has 0 atom stereocenters. The molecule has 2 nitrogen and oxygen atoms in total. The molecular formula is C15H22O2. The van der Waals surface area contributed by atoms with Crippen LogP contribution in [0.5, 0.6) is 0 Å². The van der Waals surface area contributed by atoms with Crippen molar-refractivity contribution >= 4 is 5.97 Å². The Hall–Kier alpha value is -0.790. The molecule has 17 heavy (non-hydrogen) atoms. The second-order valence-electron chi connectivity index (χ2n) is 6.39. The summed E-state index contributed by atoms with van der Waals surface area (Å²) >= 11 is 0. The fourth-order valence-corrected chi connectivity index (χ4v) is 4.88. The number of methoxy groups -OCH3 is 1. The van der Waals surface area contributed by atoms with Gasteiger partial charge in [-0.15, -0.1) is 0 Å². The molecule has 4 rings (SSSR count). The summed E-state index contributed by atoms with van der Waals surface area (Å²) in [6.07, 6.45) is 8.00. The first-order valence-electron chi connectivity index (χ1n) is 6.93. The number of rotatable bonds is 3. The maximum Gasteiger partial charge on any atom is 0.333 e. The second-order valence-corrected chi connectivity index (χ2v) is 6.39. The number of hydrogen-bond acceptors (Lipinski definition) is 2. The molecule has 4 fully saturated rings. The summed E-state index contributed by atoms with van der Waals surface area (Å²) in [5, 5.41) is 0. The highest BCUT2D eigenvalue weighted by molar-refractivity contribution is 5.87. The number of carbonyl (C=O) groups is 1. The lowest BCUT2D eigenvalue weighted by Gasteiger charge is -2.54. The largest absolute Gasteiger partial charge is 0.466 e. The molecule has 0 aromatic heterocycles. The van der Waals surface area contributed by atoms with E-state index in [-0.39, 0.29) is 5.97 Å². The van der Waals surface area contributed by atoms with E-state index in [4.69, 9.17) is 4.74 Å². The molecule has 0 aromatic rings. The summed E-state index contributed by atoms with van der Waals surface area (Å²) in [5.41, 5.74) is 0.685. The van der Waals surface area contributed by atoms with E-state index in [0.717, 1.165) is 36.0 Å². The highest BCUT2D eigenvalue weighted by Gasteiger charge is 2.48. The number of hydrogen-bond donors (Lipinski definition) is 0. The fourth-order valence-electron chi connectivity index (χ4n) is 4.88. The van der Waals surface area contributed by atoms with Crippen molar-refractivity contribution < 1.29 is 9.53 Å². The highest BCUT2D eigenvalue weighted by atomic mass is 16.5. The first-order valence-corrected chi connectivity index (χ1v) is 6.93. The molecule has 0 spiro atoms. The second kappa shape index (κ2) is 4.15. The van der Waals surface area contributed by atoms with Gasteiger partial charge in [0.05, 0.1) is 7.11 Å². The van der Waals surface area contributed by atoms with Crippen molar-refractivity contribution in [1.29, 1.82) is 0 Å². The zero-order valence-corrected chi connectivity index (χ0v) is 10.7. The number of esters is 1. The van der Waals surface area contributed by atoms with Crippen LogP contribution in [0.15, 0.2) is 12.2 Å². The summed E-state index contributed by atoms with van der Waals surface area (Å²) in [7, 11) is 1.45. The Morgan fingerprint density at radius 2 is 1.65 bits per heavy atom. The Labute approximate surface area is 103 Å². The Balaban J connectivity index is 1.68. The van der Waals surface area contributed by atoms with E-state index in [1.807, 2.05) is 0 Å². The maximum absolute atomic E-state index is 11.5. The summed E-state index contributed by atoms with van der Waals surface area (Å²) in [5.74, 6) is 4.24. The van der Waals surface area contributed by atoms with Crippen LogP contribution in [0.25, 0.3) is 0 Å². The van der Waals surface area contributed by atoms with Gasteiger partial charge in [0.25, 0.3) is 0 Å². The Morgan fingerprint density at radius 3 is 2.12 bits per heavy atom. The normalized spacial score (nSPS) is 42.5. The Morgan fingerprint density at radius 1 is 1.12 bits per heavy atom. The molecule has 4 aliphatic rings. The van der Waals surface area contributed by atoms with Crippen LogP contribution in [0.4, 0.5) is 0 Å². The van der Waals surface area contributed by atoms with Crippen molar-refractivity contribution in [2.45, 2.75) is 38.5 Å². The van der Waals surface area contributed by atoms with Gasteiger partial charge in [0.1, 0.15) is 0 Å². The van der Waals surface area contributed by atoms with Gasteiger partial charge in [-0.1, -0.05) is 6.58 Å². The molecule has 4 aliphatic carbocycles. The van der Waals surface area contributed by atoms with Gasteiger partial charge in [-0.25, -0.2) is 4.79 Å². The smallest absolute Gasteiger partial charge is 0.333 e. The van der Waals surface area contributed by atoms with Gasteiger partial charge in [0.15, 0.2) is 0 Å². The van der Waals surface area contributed by atoms with E-state index in [1.165, 1.54) is 39.2 Å². The summed E-state index contributed by atoms with van der Waals surface area (Å²) < 4.78 is 4.77. The monoisotopic (exact) mass is 234 g/mol. The van der Waals surface area contributed by atoms with Crippen LogP contribution in [0.2, 0.25) is 0 Å². The predicted molar refractivity (Wildman–Crippen MR) is 66.3 cm³/mol. The predicted octanol–water partition coefficient (Wildman–Crippen LogP) is 3.18. The quantitative estimate of drug-likeness (QED) is 0.554. The van der Waals surface area contributed by atoms with Gasteiger partial charge in [-0.3, -0.25) is 0 Å². The van der Waals surface area contributed by atoms with Crippen molar-refractivity contribution in [2.24, 2.45) is 29.6 Å². The van der Waals surface area contributed by atoms with Crippen molar-refractivity contribution in [3.63, 3.8) is 0 Å². The van der Waals surface area contributed by atoms with Crippen LogP contribution < -0.4 is 0 Å². The van der Waals surface area contributed by atoms with Crippen LogP contribution in [-0.2, 0) is 9.53 Å². The lowest BCUT2D eigenvalue weighted by Crippen LogP contribution is -2.45. The SMILES string of the molecule is C=C(CC1C2CC3CC(C2)CC1C3)C(=O)OC. The standard InChI is InChI=1S/C15H22O2/c1-9(15(16)17-2)3-14-12-5-10-4-11(7-12)8-13(14)6-10/h10-14H,1,3-8H2,2H3. The van der Waals surface area contributed by atoms with E-state index in [1.54, 1.807) is 0 Å². The van der Waals surface area contributed by atoms with Crippen molar-refractivity contribution in [3.8, 4) is 0 Å². The topological polar surface area (TPSA) is 26.3 Å². The molecule has 0 saturated heterocycles. The third kappa shape index (κ3) is 1.92. The van der Waals surface area contributed by atoms with E-state index >= 15 is 0 Å². The molecule has 2 heteroatoms. The molecule has 4 bridgehead atoms. The minimum Gasteiger partial charge on any atom is -0.466 e. The van der Waals surface area contributed by atoms with Gasteiger partial charge in [0, 0.05) is 5.57 Å². The summed E-state index contributed by atoms with van der Waals surface area (Å²) in [6.45, 7) is 3.90. The molecule has 94 valence electrons. The fraction of sp³-hybridized carbons (Fsp3) is 0.800. The highest BCUT2D eigenvalue weighted by Crippen LogP contribution is 2.57. The van der Waals surface area contributed by atoms with Crippen LogP contribution >= 0.6 is 0 Å². The van der Waals surface area contributed by atoms with E-state index in [9.17, 15) is 4.79 Å². The van der Waals surface area contributed by atoms with Crippen LogP contribution in [0.1, 0.15) is 38.5 Å².